The minimum Gasteiger partial charge on any atom is -0.493 e. The van der Waals surface area contributed by atoms with Gasteiger partial charge in [-0.1, -0.05) is 53.7 Å². The highest BCUT2D eigenvalue weighted by Gasteiger charge is 2.15. The van der Waals surface area contributed by atoms with Gasteiger partial charge in [0.15, 0.2) is 6.61 Å². The van der Waals surface area contributed by atoms with E-state index in [0.717, 1.165) is 41.3 Å². The Balaban J connectivity index is 1.88. The molecule has 0 radical (unpaired) electrons. The lowest BCUT2D eigenvalue weighted by molar-refractivity contribution is -0.123. The zero-order valence-corrected chi connectivity index (χ0v) is 20.4. The normalized spacial score (nSPS) is 10.5. The summed E-state index contributed by atoms with van der Waals surface area (Å²) in [5.74, 6) is 0.0356. The first kappa shape index (κ1) is 25.0. The summed E-state index contributed by atoms with van der Waals surface area (Å²) in [4.78, 5) is 24.7. The van der Waals surface area contributed by atoms with Crippen LogP contribution in [-0.4, -0.2) is 25.0 Å². The summed E-state index contributed by atoms with van der Waals surface area (Å²) in [6.07, 6.45) is 4.30. The van der Waals surface area contributed by atoms with E-state index in [1.54, 1.807) is 30.3 Å². The number of hydrogen-bond donors (Lipinski definition) is 2. The molecule has 0 aromatic heterocycles. The van der Waals surface area contributed by atoms with Crippen molar-refractivity contribution in [3.8, 4) is 11.5 Å². The van der Waals surface area contributed by atoms with Crippen molar-refractivity contribution >= 4 is 39.3 Å². The Morgan fingerprint density at radius 3 is 2.39 bits per heavy atom. The van der Waals surface area contributed by atoms with E-state index in [1.165, 1.54) is 0 Å². The molecule has 6 nitrogen and oxygen atoms in total. The van der Waals surface area contributed by atoms with Gasteiger partial charge in [-0.15, -0.1) is 0 Å². The Morgan fingerprint density at radius 1 is 1.00 bits per heavy atom. The van der Waals surface area contributed by atoms with Crippen LogP contribution in [0, 0.1) is 13.8 Å². The smallest absolute Gasteiger partial charge is 0.276 e. The molecule has 0 atom stereocenters. The second-order valence-electron chi connectivity index (χ2n) is 7.21. The van der Waals surface area contributed by atoms with Crippen LogP contribution in [0.2, 0.25) is 5.02 Å². The molecule has 2 aromatic carbocycles. The topological polar surface area (TPSA) is 76.7 Å². The molecule has 168 valence electrons. The van der Waals surface area contributed by atoms with Crippen molar-refractivity contribution in [3.63, 3.8) is 0 Å². The predicted octanol–water partition coefficient (Wildman–Crippen LogP) is 5.52. The van der Waals surface area contributed by atoms with E-state index >= 15 is 0 Å². The number of aryl methyl sites for hydroxylation is 2. The van der Waals surface area contributed by atoms with Gasteiger partial charge < -0.3 is 9.47 Å². The van der Waals surface area contributed by atoms with Gasteiger partial charge in [0.25, 0.3) is 11.8 Å². The Morgan fingerprint density at radius 2 is 1.71 bits per heavy atom. The highest BCUT2D eigenvalue weighted by molar-refractivity contribution is 9.10. The molecule has 2 aromatic rings. The molecular formula is C23H28BrClN2O4. The van der Waals surface area contributed by atoms with Crippen molar-refractivity contribution in [1.29, 1.82) is 0 Å². The van der Waals surface area contributed by atoms with Gasteiger partial charge in [-0.25, -0.2) is 0 Å². The molecule has 0 spiro atoms. The summed E-state index contributed by atoms with van der Waals surface area (Å²) in [7, 11) is 0. The van der Waals surface area contributed by atoms with Crippen LogP contribution in [0.1, 0.15) is 54.1 Å². The zero-order valence-electron chi connectivity index (χ0n) is 18.0. The molecule has 2 amide bonds. The summed E-state index contributed by atoms with van der Waals surface area (Å²) in [6, 6.07) is 8.70. The molecule has 0 fully saturated rings. The van der Waals surface area contributed by atoms with Crippen molar-refractivity contribution in [3.05, 3.63) is 56.5 Å². The third-order valence-electron chi connectivity index (χ3n) is 4.54. The molecule has 2 N–H and O–H groups in total. The first-order valence-electron chi connectivity index (χ1n) is 10.2. The number of halogens is 2. The number of hydrazine groups is 1. The Kier molecular flexibility index (Phi) is 10.1. The maximum Gasteiger partial charge on any atom is 0.276 e. The van der Waals surface area contributed by atoms with Crippen LogP contribution >= 0.6 is 27.5 Å². The first-order chi connectivity index (χ1) is 14.8. The Bertz CT molecular complexity index is 897. The van der Waals surface area contributed by atoms with Crippen molar-refractivity contribution < 1.29 is 19.1 Å². The Hall–Kier alpha value is -2.25. The second kappa shape index (κ2) is 12.6. The van der Waals surface area contributed by atoms with E-state index in [2.05, 4.69) is 33.7 Å². The maximum absolute atomic E-state index is 12.6. The van der Waals surface area contributed by atoms with Crippen LogP contribution in [0.4, 0.5) is 0 Å². The number of rotatable bonds is 10. The minimum absolute atomic E-state index is 0.250. The van der Waals surface area contributed by atoms with E-state index in [4.69, 9.17) is 21.1 Å². The average Bonchev–Trinajstić information content (AvgIpc) is 2.74. The third kappa shape index (κ3) is 8.07. The van der Waals surface area contributed by atoms with E-state index in [1.807, 2.05) is 13.8 Å². The third-order valence-corrected chi connectivity index (χ3v) is 5.63. The van der Waals surface area contributed by atoms with Gasteiger partial charge in [-0.2, -0.15) is 0 Å². The number of ether oxygens (including phenoxy) is 2. The van der Waals surface area contributed by atoms with E-state index in [-0.39, 0.29) is 6.61 Å². The summed E-state index contributed by atoms with van der Waals surface area (Å²) < 4.78 is 12.0. The number of benzene rings is 2. The molecule has 0 aliphatic rings. The largest absolute Gasteiger partial charge is 0.493 e. The van der Waals surface area contributed by atoms with Gasteiger partial charge in [0.1, 0.15) is 11.5 Å². The fraction of sp³-hybridized carbons (Fsp3) is 0.391. The number of hydrogen-bond acceptors (Lipinski definition) is 4. The fourth-order valence-corrected chi connectivity index (χ4v) is 3.35. The lowest BCUT2D eigenvalue weighted by Crippen LogP contribution is -2.44. The molecular weight excluding hydrogens is 484 g/mol. The van der Waals surface area contributed by atoms with E-state index in [9.17, 15) is 9.59 Å². The molecule has 2 rings (SSSR count). The van der Waals surface area contributed by atoms with Gasteiger partial charge in [0.2, 0.25) is 0 Å². The number of carbonyl (C=O) groups excluding carboxylic acids is 2. The highest BCUT2D eigenvalue weighted by Crippen LogP contribution is 2.26. The molecule has 0 bridgehead atoms. The molecule has 0 aliphatic heterocycles. The molecule has 0 unspecified atom stereocenters. The SMILES string of the molecule is CCCCCCOc1ccc(Br)cc1C(=O)NNC(=O)COc1cc(C)c(Cl)c(C)c1. The number of unbranched alkanes of at least 4 members (excludes halogenated alkanes) is 3. The van der Waals surface area contributed by atoms with Crippen LogP contribution in [0.5, 0.6) is 11.5 Å². The molecule has 0 heterocycles. The van der Waals surface area contributed by atoms with Gasteiger partial charge in [0, 0.05) is 9.50 Å². The maximum atomic E-state index is 12.6. The molecule has 0 saturated heterocycles. The van der Waals surface area contributed by atoms with Crippen molar-refractivity contribution in [2.75, 3.05) is 13.2 Å². The van der Waals surface area contributed by atoms with Crippen LogP contribution in [-0.2, 0) is 4.79 Å². The molecule has 0 aliphatic carbocycles. The summed E-state index contributed by atoms with van der Waals surface area (Å²) >= 11 is 9.50. The van der Waals surface area contributed by atoms with Crippen molar-refractivity contribution in [2.24, 2.45) is 0 Å². The quantitative estimate of drug-likeness (QED) is 0.325. The monoisotopic (exact) mass is 510 g/mol. The summed E-state index contributed by atoms with van der Waals surface area (Å²) in [5, 5.41) is 0.668. The van der Waals surface area contributed by atoms with Gasteiger partial charge in [0.05, 0.1) is 12.2 Å². The summed E-state index contributed by atoms with van der Waals surface area (Å²) in [6.45, 7) is 6.16. The van der Waals surface area contributed by atoms with Gasteiger partial charge >= 0.3 is 0 Å². The number of nitrogens with one attached hydrogen (secondary N) is 2. The van der Waals surface area contributed by atoms with Crippen molar-refractivity contribution in [1.82, 2.24) is 10.9 Å². The lowest BCUT2D eigenvalue weighted by atomic mass is 10.1. The van der Waals surface area contributed by atoms with E-state index < -0.39 is 11.8 Å². The summed E-state index contributed by atoms with van der Waals surface area (Å²) in [5.41, 5.74) is 6.82. The molecule has 8 heteroatoms. The average molecular weight is 512 g/mol. The Labute approximate surface area is 196 Å². The second-order valence-corrected chi connectivity index (χ2v) is 8.51. The van der Waals surface area contributed by atoms with Crippen LogP contribution < -0.4 is 20.3 Å². The fourth-order valence-electron chi connectivity index (χ4n) is 2.88. The van der Waals surface area contributed by atoms with E-state index in [0.29, 0.717) is 28.7 Å². The minimum atomic E-state index is -0.490. The first-order valence-corrected chi connectivity index (χ1v) is 11.4. The molecule has 0 saturated carbocycles. The number of carbonyl (C=O) groups is 2. The standard InChI is InChI=1S/C23H28BrClN2O4/c1-4-5-6-7-10-30-20-9-8-17(24)13-19(20)23(29)27-26-21(28)14-31-18-11-15(2)22(25)16(3)12-18/h8-9,11-13H,4-7,10,14H2,1-3H3,(H,26,28)(H,27,29). The van der Waals surface area contributed by atoms with Crippen molar-refractivity contribution in [2.45, 2.75) is 46.5 Å². The van der Waals surface area contributed by atoms with Gasteiger partial charge in [-0.3, -0.25) is 20.4 Å². The zero-order chi connectivity index (χ0) is 22.8. The number of amides is 2. The van der Waals surface area contributed by atoms with Crippen LogP contribution in [0.15, 0.2) is 34.8 Å². The van der Waals surface area contributed by atoms with Crippen LogP contribution in [0.25, 0.3) is 0 Å². The highest BCUT2D eigenvalue weighted by atomic mass is 79.9. The lowest BCUT2D eigenvalue weighted by Gasteiger charge is -2.13. The van der Waals surface area contributed by atoms with Crippen LogP contribution in [0.3, 0.4) is 0 Å². The predicted molar refractivity (Wildman–Crippen MR) is 126 cm³/mol. The van der Waals surface area contributed by atoms with Gasteiger partial charge in [-0.05, 0) is 61.7 Å². The molecule has 31 heavy (non-hydrogen) atoms.